The molecule has 122 valence electrons. The minimum atomic E-state index is 0.139. The fraction of sp³-hybridized carbons (Fsp3) is 0.938. The molecule has 2 aliphatic heterocycles. The van der Waals surface area contributed by atoms with Crippen LogP contribution in [0.25, 0.3) is 0 Å². The van der Waals surface area contributed by atoms with Crippen molar-refractivity contribution in [3.05, 3.63) is 0 Å². The van der Waals surface area contributed by atoms with E-state index in [0.29, 0.717) is 24.2 Å². The molecule has 2 fully saturated rings. The van der Waals surface area contributed by atoms with E-state index >= 15 is 0 Å². The second-order valence-electron chi connectivity index (χ2n) is 6.95. The Kier molecular flexibility index (Phi) is 6.38. The van der Waals surface area contributed by atoms with E-state index in [4.69, 9.17) is 15.9 Å². The molecule has 0 amide bonds. The average Bonchev–Trinajstić information content (AvgIpc) is 2.44. The van der Waals surface area contributed by atoms with E-state index in [2.05, 4.69) is 30.5 Å². The lowest BCUT2D eigenvalue weighted by Crippen LogP contribution is -2.51. The van der Waals surface area contributed by atoms with Crippen LogP contribution < -0.4 is 5.73 Å². The van der Waals surface area contributed by atoms with Crippen molar-refractivity contribution in [2.24, 2.45) is 11.7 Å². The first-order valence-electron chi connectivity index (χ1n) is 8.29. The number of hydrogen-bond acceptors (Lipinski definition) is 4. The van der Waals surface area contributed by atoms with E-state index in [1.165, 1.54) is 24.3 Å². The van der Waals surface area contributed by atoms with E-state index in [0.717, 1.165) is 32.5 Å². The molecule has 0 saturated carbocycles. The number of nitrogens with zero attached hydrogens (tertiary/aromatic N) is 1. The van der Waals surface area contributed by atoms with Crippen LogP contribution in [0.3, 0.4) is 0 Å². The number of thioether (sulfide) groups is 1. The van der Waals surface area contributed by atoms with Crippen LogP contribution in [0.2, 0.25) is 0 Å². The first kappa shape index (κ1) is 17.1. The van der Waals surface area contributed by atoms with Gasteiger partial charge in [-0.25, -0.2) is 0 Å². The van der Waals surface area contributed by atoms with Crippen molar-refractivity contribution in [2.45, 2.75) is 57.6 Å². The van der Waals surface area contributed by atoms with Crippen LogP contribution in [0.5, 0.6) is 0 Å². The lowest BCUT2D eigenvalue weighted by atomic mass is 9.84. The van der Waals surface area contributed by atoms with Gasteiger partial charge in [0.25, 0.3) is 0 Å². The van der Waals surface area contributed by atoms with Crippen LogP contribution in [-0.2, 0) is 4.74 Å². The molecule has 21 heavy (non-hydrogen) atoms. The van der Waals surface area contributed by atoms with Crippen molar-refractivity contribution in [2.75, 3.05) is 31.2 Å². The Hall–Kier alpha value is -0.260. The predicted octanol–water partition coefficient (Wildman–Crippen LogP) is 2.72. The molecule has 2 heterocycles. The van der Waals surface area contributed by atoms with Gasteiger partial charge in [0.15, 0.2) is 0 Å². The molecule has 4 nitrogen and oxygen atoms in total. The molecule has 1 unspecified atom stereocenters. The van der Waals surface area contributed by atoms with Crippen molar-refractivity contribution < 1.29 is 4.74 Å². The molecule has 0 aromatic rings. The second kappa shape index (κ2) is 7.84. The Morgan fingerprint density at radius 3 is 2.76 bits per heavy atom. The summed E-state index contributed by atoms with van der Waals surface area (Å²) >= 11 is 2.06. The first-order chi connectivity index (χ1) is 10.0. The van der Waals surface area contributed by atoms with Gasteiger partial charge in [0.2, 0.25) is 0 Å². The summed E-state index contributed by atoms with van der Waals surface area (Å²) in [5.74, 6) is 3.44. The molecule has 0 aliphatic carbocycles. The summed E-state index contributed by atoms with van der Waals surface area (Å²) < 4.78 is 6.21. The third kappa shape index (κ3) is 5.15. The van der Waals surface area contributed by atoms with Crippen LogP contribution in [0.15, 0.2) is 0 Å². The standard InChI is InChI=1S/C16H31N3OS/c1-13(2)12-19(7-3-15(17)18)14-4-8-20-16(11-14)5-9-21-10-6-16/h13-14H,3-12H2,1-2H3,(H3,17,18). The number of ether oxygens (including phenoxy) is 1. The van der Waals surface area contributed by atoms with Gasteiger partial charge in [-0.3, -0.25) is 10.3 Å². The summed E-state index contributed by atoms with van der Waals surface area (Å²) in [5.41, 5.74) is 5.71. The number of nitrogens with one attached hydrogen (secondary N) is 1. The van der Waals surface area contributed by atoms with Gasteiger partial charge in [0.05, 0.1) is 11.4 Å². The smallest absolute Gasteiger partial charge is 0.0918 e. The van der Waals surface area contributed by atoms with E-state index in [1.54, 1.807) is 0 Å². The highest BCUT2D eigenvalue weighted by molar-refractivity contribution is 7.99. The third-order valence-corrected chi connectivity index (χ3v) is 5.64. The van der Waals surface area contributed by atoms with Crippen molar-refractivity contribution in [1.29, 1.82) is 5.41 Å². The van der Waals surface area contributed by atoms with Crippen molar-refractivity contribution in [3.63, 3.8) is 0 Å². The van der Waals surface area contributed by atoms with Gasteiger partial charge in [0, 0.05) is 32.2 Å². The van der Waals surface area contributed by atoms with E-state index in [9.17, 15) is 0 Å². The van der Waals surface area contributed by atoms with Crippen molar-refractivity contribution >= 4 is 17.6 Å². The second-order valence-corrected chi connectivity index (χ2v) is 8.18. The highest BCUT2D eigenvalue weighted by atomic mass is 32.2. The largest absolute Gasteiger partial charge is 0.388 e. The lowest BCUT2D eigenvalue weighted by Gasteiger charge is -2.46. The minimum Gasteiger partial charge on any atom is -0.388 e. The van der Waals surface area contributed by atoms with Crippen LogP contribution >= 0.6 is 11.8 Å². The minimum absolute atomic E-state index is 0.139. The van der Waals surface area contributed by atoms with E-state index in [-0.39, 0.29) is 5.60 Å². The van der Waals surface area contributed by atoms with Gasteiger partial charge in [-0.2, -0.15) is 11.8 Å². The molecule has 2 rings (SSSR count). The summed E-state index contributed by atoms with van der Waals surface area (Å²) in [6.07, 6.45) is 5.39. The Morgan fingerprint density at radius 2 is 2.14 bits per heavy atom. The molecular weight excluding hydrogens is 282 g/mol. The molecule has 2 aliphatic rings. The predicted molar refractivity (Wildman–Crippen MR) is 91.2 cm³/mol. The van der Waals surface area contributed by atoms with Crippen molar-refractivity contribution in [1.82, 2.24) is 4.90 Å². The topological polar surface area (TPSA) is 62.3 Å². The zero-order valence-corrected chi connectivity index (χ0v) is 14.4. The maximum absolute atomic E-state index is 7.50. The fourth-order valence-corrected chi connectivity index (χ4v) is 4.80. The maximum atomic E-state index is 7.50. The Labute approximate surface area is 133 Å². The zero-order chi connectivity index (χ0) is 15.3. The quantitative estimate of drug-likeness (QED) is 0.584. The lowest BCUT2D eigenvalue weighted by molar-refractivity contribution is -0.111. The monoisotopic (exact) mass is 313 g/mol. The maximum Gasteiger partial charge on any atom is 0.0918 e. The van der Waals surface area contributed by atoms with Crippen LogP contribution in [0.1, 0.15) is 46.0 Å². The number of nitrogens with two attached hydrogens (primary N) is 1. The SMILES string of the molecule is CC(C)CN(CCC(=N)N)C1CCOC2(CCSCC2)C1. The molecule has 1 atom stereocenters. The zero-order valence-electron chi connectivity index (χ0n) is 13.6. The normalized spacial score (nSPS) is 25.6. The molecule has 0 radical (unpaired) electrons. The summed E-state index contributed by atoms with van der Waals surface area (Å²) in [6.45, 7) is 7.45. The van der Waals surface area contributed by atoms with E-state index < -0.39 is 0 Å². The summed E-state index contributed by atoms with van der Waals surface area (Å²) in [4.78, 5) is 2.57. The summed E-state index contributed by atoms with van der Waals surface area (Å²) in [6, 6.07) is 0.601. The van der Waals surface area contributed by atoms with Gasteiger partial charge >= 0.3 is 0 Å². The fourth-order valence-electron chi connectivity index (χ4n) is 3.56. The van der Waals surface area contributed by atoms with Gasteiger partial charge in [-0.1, -0.05) is 13.8 Å². The molecular formula is C16H31N3OS. The Balaban J connectivity index is 1.98. The van der Waals surface area contributed by atoms with Crippen LogP contribution in [0.4, 0.5) is 0 Å². The third-order valence-electron chi connectivity index (χ3n) is 4.66. The molecule has 0 aromatic carbocycles. The molecule has 5 heteroatoms. The highest BCUT2D eigenvalue weighted by Crippen LogP contribution is 2.39. The van der Waals surface area contributed by atoms with Gasteiger partial charge in [-0.15, -0.1) is 0 Å². The molecule has 0 aromatic heterocycles. The van der Waals surface area contributed by atoms with Crippen LogP contribution in [-0.4, -0.2) is 53.6 Å². The number of rotatable bonds is 6. The number of hydrogen-bond donors (Lipinski definition) is 2. The summed E-state index contributed by atoms with van der Waals surface area (Å²) in [7, 11) is 0. The van der Waals surface area contributed by atoms with E-state index in [1.807, 2.05) is 0 Å². The van der Waals surface area contributed by atoms with Crippen LogP contribution in [0, 0.1) is 11.3 Å². The first-order valence-corrected chi connectivity index (χ1v) is 9.45. The Morgan fingerprint density at radius 1 is 1.43 bits per heavy atom. The Bertz CT molecular complexity index is 337. The summed E-state index contributed by atoms with van der Waals surface area (Å²) in [5, 5.41) is 7.50. The molecule has 2 saturated heterocycles. The highest BCUT2D eigenvalue weighted by Gasteiger charge is 2.40. The molecule has 1 spiro atoms. The molecule has 3 N–H and O–H groups in total. The van der Waals surface area contributed by atoms with Crippen molar-refractivity contribution in [3.8, 4) is 0 Å². The van der Waals surface area contributed by atoms with Gasteiger partial charge in [0.1, 0.15) is 0 Å². The van der Waals surface area contributed by atoms with Gasteiger partial charge in [-0.05, 0) is 43.1 Å². The van der Waals surface area contributed by atoms with Gasteiger partial charge < -0.3 is 10.5 Å². The molecule has 0 bridgehead atoms. The average molecular weight is 314 g/mol. The number of amidine groups is 1.